The Morgan fingerprint density at radius 2 is 1.69 bits per heavy atom. The summed E-state index contributed by atoms with van der Waals surface area (Å²) < 4.78 is 27.9. The lowest BCUT2D eigenvalue weighted by Crippen LogP contribution is -2.22. The van der Waals surface area contributed by atoms with Crippen LogP contribution in [0.1, 0.15) is 50.5 Å². The molecule has 6 rings (SSSR count). The van der Waals surface area contributed by atoms with Gasteiger partial charge in [0, 0.05) is 5.57 Å². The molecule has 6 heteroatoms. The fourth-order valence-corrected chi connectivity index (χ4v) is 5.42. The molecule has 2 saturated carbocycles. The maximum Gasteiger partial charge on any atom is 0.334 e. The molecule has 0 amide bonds. The maximum atomic E-state index is 13.0. The molecule has 4 fully saturated rings. The van der Waals surface area contributed by atoms with Gasteiger partial charge in [0.05, 0.1) is 31.0 Å². The standard InChI is InChI=1S/C26H30O6/c27-26(28-14-18-6-9-22-25(13-18)32-22)19(10-17-5-8-21-24(12-17)31-21)3-1-2-16-4-7-20-23(11-16)30-15-29-20/h1-4,7,11,17-18,21-22,24-25H,5-6,8-10,12-15H2. The Kier molecular flexibility index (Phi) is 5.43. The molecule has 6 atom stereocenters. The van der Waals surface area contributed by atoms with Crippen LogP contribution < -0.4 is 9.47 Å². The summed E-state index contributed by atoms with van der Waals surface area (Å²) in [6, 6.07) is 5.85. The third-order valence-electron chi connectivity index (χ3n) is 7.43. The molecule has 2 saturated heterocycles. The summed E-state index contributed by atoms with van der Waals surface area (Å²) in [5.74, 6) is 2.24. The molecule has 0 N–H and O–H groups in total. The Labute approximate surface area is 188 Å². The topological polar surface area (TPSA) is 69.8 Å². The Balaban J connectivity index is 1.11. The highest BCUT2D eigenvalue weighted by Crippen LogP contribution is 2.42. The van der Waals surface area contributed by atoms with Gasteiger partial charge in [0.2, 0.25) is 6.79 Å². The van der Waals surface area contributed by atoms with E-state index in [2.05, 4.69) is 0 Å². The quantitative estimate of drug-likeness (QED) is 0.272. The summed E-state index contributed by atoms with van der Waals surface area (Å²) in [6.45, 7) is 0.757. The van der Waals surface area contributed by atoms with E-state index in [1.54, 1.807) is 0 Å². The molecule has 6 nitrogen and oxygen atoms in total. The van der Waals surface area contributed by atoms with E-state index in [9.17, 15) is 4.79 Å². The first kappa shape index (κ1) is 20.3. The third kappa shape index (κ3) is 4.57. The van der Waals surface area contributed by atoms with Gasteiger partial charge in [0.15, 0.2) is 11.5 Å². The van der Waals surface area contributed by atoms with Crippen molar-refractivity contribution in [1.29, 1.82) is 0 Å². The number of esters is 1. The van der Waals surface area contributed by atoms with E-state index in [4.69, 9.17) is 23.7 Å². The van der Waals surface area contributed by atoms with E-state index in [1.807, 2.05) is 36.4 Å². The van der Waals surface area contributed by atoms with Crippen LogP contribution in [-0.4, -0.2) is 43.8 Å². The van der Waals surface area contributed by atoms with E-state index in [0.717, 1.165) is 67.6 Å². The minimum atomic E-state index is -0.182. The van der Waals surface area contributed by atoms with Crippen LogP contribution in [0.5, 0.6) is 11.5 Å². The predicted octanol–water partition coefficient (Wildman–Crippen LogP) is 4.42. The molecule has 1 aromatic carbocycles. The van der Waals surface area contributed by atoms with Crippen LogP contribution in [0.3, 0.4) is 0 Å². The van der Waals surface area contributed by atoms with Gasteiger partial charge in [-0.05, 0) is 74.5 Å². The van der Waals surface area contributed by atoms with Crippen molar-refractivity contribution < 1.29 is 28.5 Å². The number of rotatable bonds is 7. The highest BCUT2D eigenvalue weighted by Gasteiger charge is 2.45. The molecule has 32 heavy (non-hydrogen) atoms. The van der Waals surface area contributed by atoms with Crippen LogP contribution in [-0.2, 0) is 19.0 Å². The van der Waals surface area contributed by atoms with Crippen molar-refractivity contribution in [2.45, 2.75) is 69.4 Å². The number of epoxide rings is 2. The second-order valence-electron chi connectivity index (χ2n) is 9.75. The van der Waals surface area contributed by atoms with Crippen molar-refractivity contribution in [2.75, 3.05) is 13.4 Å². The number of ether oxygens (including phenoxy) is 5. The van der Waals surface area contributed by atoms with Gasteiger partial charge in [-0.2, -0.15) is 0 Å². The summed E-state index contributed by atoms with van der Waals surface area (Å²) in [6.07, 6.45) is 14.8. The van der Waals surface area contributed by atoms with Crippen molar-refractivity contribution in [3.63, 3.8) is 0 Å². The normalized spacial score (nSPS) is 34.7. The SMILES string of the molecule is O=C(OCC1CCC2OC2C1)C(=CC=Cc1ccc2c(c1)OCO2)CC1CCC2OC2C1. The highest BCUT2D eigenvalue weighted by atomic mass is 16.7. The number of fused-ring (bicyclic) bond motifs is 3. The zero-order valence-corrected chi connectivity index (χ0v) is 18.2. The lowest BCUT2D eigenvalue weighted by Gasteiger charge is -2.21. The zero-order valence-electron chi connectivity index (χ0n) is 18.2. The predicted molar refractivity (Wildman–Crippen MR) is 117 cm³/mol. The summed E-state index contributed by atoms with van der Waals surface area (Å²) in [7, 11) is 0. The van der Waals surface area contributed by atoms with Crippen molar-refractivity contribution in [3.8, 4) is 11.5 Å². The second-order valence-corrected chi connectivity index (χ2v) is 9.75. The molecule has 0 bridgehead atoms. The van der Waals surface area contributed by atoms with Gasteiger partial charge in [0.25, 0.3) is 0 Å². The number of hydrogen-bond acceptors (Lipinski definition) is 6. The molecule has 3 aliphatic heterocycles. The van der Waals surface area contributed by atoms with Crippen LogP contribution in [0, 0.1) is 11.8 Å². The van der Waals surface area contributed by atoms with Crippen molar-refractivity contribution >= 4 is 12.0 Å². The first-order valence-corrected chi connectivity index (χ1v) is 12.0. The summed E-state index contributed by atoms with van der Waals surface area (Å²) in [4.78, 5) is 13.0. The monoisotopic (exact) mass is 438 g/mol. The third-order valence-corrected chi connectivity index (χ3v) is 7.43. The zero-order chi connectivity index (χ0) is 21.5. The van der Waals surface area contributed by atoms with E-state index in [1.165, 1.54) is 0 Å². The van der Waals surface area contributed by atoms with Crippen LogP contribution in [0.4, 0.5) is 0 Å². The van der Waals surface area contributed by atoms with Crippen LogP contribution in [0.15, 0.2) is 35.9 Å². The summed E-state index contributed by atoms with van der Waals surface area (Å²) in [5.41, 5.74) is 1.76. The Morgan fingerprint density at radius 3 is 2.50 bits per heavy atom. The molecular formula is C26H30O6. The van der Waals surface area contributed by atoms with Gasteiger partial charge in [-0.3, -0.25) is 0 Å². The maximum absolute atomic E-state index is 13.0. The first-order chi connectivity index (χ1) is 15.7. The highest BCUT2D eigenvalue weighted by molar-refractivity contribution is 5.89. The van der Waals surface area contributed by atoms with Crippen molar-refractivity contribution in [2.24, 2.45) is 11.8 Å². The van der Waals surface area contributed by atoms with Crippen molar-refractivity contribution in [3.05, 3.63) is 41.5 Å². The lowest BCUT2D eigenvalue weighted by atomic mass is 9.84. The number of allylic oxidation sites excluding steroid dienone is 2. The second kappa shape index (κ2) is 8.56. The Morgan fingerprint density at radius 1 is 0.938 bits per heavy atom. The molecule has 0 aromatic heterocycles. The number of hydrogen-bond donors (Lipinski definition) is 0. The van der Waals surface area contributed by atoms with Gasteiger partial charge < -0.3 is 23.7 Å². The summed E-state index contributed by atoms with van der Waals surface area (Å²) in [5, 5.41) is 0. The number of carbonyl (C=O) groups excluding carboxylic acids is 1. The van der Waals surface area contributed by atoms with Crippen LogP contribution >= 0.6 is 0 Å². The molecule has 0 radical (unpaired) electrons. The van der Waals surface area contributed by atoms with E-state index in [-0.39, 0.29) is 12.8 Å². The summed E-state index contributed by atoms with van der Waals surface area (Å²) >= 11 is 0. The minimum absolute atomic E-state index is 0.182. The van der Waals surface area contributed by atoms with Gasteiger partial charge in [-0.1, -0.05) is 24.3 Å². The van der Waals surface area contributed by atoms with Gasteiger partial charge in [-0.25, -0.2) is 4.79 Å². The molecule has 170 valence electrons. The molecular weight excluding hydrogens is 408 g/mol. The Bertz CT molecular complexity index is 936. The van der Waals surface area contributed by atoms with Crippen molar-refractivity contribution in [1.82, 2.24) is 0 Å². The van der Waals surface area contributed by atoms with E-state index in [0.29, 0.717) is 42.9 Å². The molecule has 5 aliphatic rings. The fourth-order valence-electron chi connectivity index (χ4n) is 5.42. The molecule has 1 aromatic rings. The Hall–Kier alpha value is -2.31. The van der Waals surface area contributed by atoms with Gasteiger partial charge in [0.1, 0.15) is 0 Å². The minimum Gasteiger partial charge on any atom is -0.462 e. The first-order valence-electron chi connectivity index (χ1n) is 12.0. The molecule has 2 aliphatic carbocycles. The molecule has 3 heterocycles. The molecule has 6 unspecified atom stereocenters. The number of carbonyl (C=O) groups is 1. The van der Waals surface area contributed by atoms with E-state index >= 15 is 0 Å². The molecule has 0 spiro atoms. The lowest BCUT2D eigenvalue weighted by molar-refractivity contribution is -0.141. The largest absolute Gasteiger partial charge is 0.462 e. The average Bonchev–Trinajstić information content (AvgIpc) is 3.71. The fraction of sp³-hybridized carbons (Fsp3) is 0.577. The number of benzene rings is 1. The average molecular weight is 439 g/mol. The van der Waals surface area contributed by atoms with Gasteiger partial charge in [-0.15, -0.1) is 0 Å². The van der Waals surface area contributed by atoms with Crippen LogP contribution in [0.2, 0.25) is 0 Å². The smallest absolute Gasteiger partial charge is 0.334 e. The van der Waals surface area contributed by atoms with E-state index < -0.39 is 0 Å². The van der Waals surface area contributed by atoms with Crippen LogP contribution in [0.25, 0.3) is 6.08 Å². The van der Waals surface area contributed by atoms with Gasteiger partial charge >= 0.3 is 5.97 Å².